The average Bonchev–Trinajstić information content (AvgIpc) is 3.16. The van der Waals surface area contributed by atoms with Crippen molar-refractivity contribution in [2.45, 2.75) is 38.1 Å². The predicted molar refractivity (Wildman–Crippen MR) is 91.4 cm³/mol. The number of carbonyl (C=O) groups excluding carboxylic acids is 2. The Morgan fingerprint density at radius 1 is 1.12 bits per heavy atom. The van der Waals surface area contributed by atoms with Gasteiger partial charge in [0.15, 0.2) is 15.0 Å². The maximum absolute atomic E-state index is 12.6. The average molecular weight is 371 g/mol. The Balaban J connectivity index is 1.63. The Morgan fingerprint density at radius 3 is 2.42 bits per heavy atom. The Bertz CT molecular complexity index is 702. The van der Waals surface area contributed by atoms with Crippen molar-refractivity contribution in [1.29, 1.82) is 0 Å². The third-order valence-electron chi connectivity index (χ3n) is 4.68. The van der Waals surface area contributed by atoms with Gasteiger partial charge >= 0.3 is 0 Å². The van der Waals surface area contributed by atoms with E-state index in [0.717, 1.165) is 12.8 Å². The molecule has 1 aromatic heterocycles. The minimum absolute atomic E-state index is 0.00143. The Morgan fingerprint density at radius 2 is 1.83 bits per heavy atom. The van der Waals surface area contributed by atoms with Crippen LogP contribution in [0.25, 0.3) is 0 Å². The van der Waals surface area contributed by atoms with Crippen LogP contribution in [0.1, 0.15) is 32.1 Å². The number of hydrogen-bond acceptors (Lipinski definition) is 6. The molecule has 3 rings (SSSR count). The molecule has 1 saturated heterocycles. The molecular weight excluding hydrogens is 350 g/mol. The number of aromatic nitrogens is 1. The van der Waals surface area contributed by atoms with Crippen LogP contribution in [-0.2, 0) is 19.4 Å². The Kier molecular flexibility index (Phi) is 5.19. The number of anilines is 1. The quantitative estimate of drug-likeness (QED) is 0.827. The molecule has 1 aliphatic heterocycles. The van der Waals surface area contributed by atoms with Crippen LogP contribution in [0.3, 0.4) is 0 Å². The van der Waals surface area contributed by atoms with Crippen molar-refractivity contribution in [2.75, 3.05) is 16.8 Å². The van der Waals surface area contributed by atoms with Crippen LogP contribution < -0.4 is 10.6 Å². The number of sulfone groups is 1. The van der Waals surface area contributed by atoms with Gasteiger partial charge in [0.25, 0.3) is 0 Å². The van der Waals surface area contributed by atoms with Crippen molar-refractivity contribution >= 4 is 38.1 Å². The molecule has 2 amide bonds. The molecule has 0 bridgehead atoms. The molecule has 9 heteroatoms. The predicted octanol–water partition coefficient (Wildman–Crippen LogP) is 1.19. The second kappa shape index (κ2) is 7.18. The van der Waals surface area contributed by atoms with Crippen LogP contribution in [-0.4, -0.2) is 42.8 Å². The summed E-state index contributed by atoms with van der Waals surface area (Å²) < 4.78 is 23.1. The van der Waals surface area contributed by atoms with Gasteiger partial charge in [-0.3, -0.25) is 9.59 Å². The lowest BCUT2D eigenvalue weighted by atomic mass is 9.78. The first-order valence-electron chi connectivity index (χ1n) is 8.16. The van der Waals surface area contributed by atoms with E-state index in [-0.39, 0.29) is 35.3 Å². The SMILES string of the molecule is O=C(Nc1nccs1)C1CCCCC1C(=O)NC1CCS(=O)(=O)C1. The van der Waals surface area contributed by atoms with E-state index in [0.29, 0.717) is 24.4 Å². The van der Waals surface area contributed by atoms with Gasteiger partial charge < -0.3 is 10.6 Å². The number of nitrogens with zero attached hydrogens (tertiary/aromatic N) is 1. The standard InChI is InChI=1S/C15H21N3O4S2/c19-13(17-10-5-8-24(21,22)9-10)11-3-1-2-4-12(11)14(20)18-15-16-6-7-23-15/h6-7,10-12H,1-5,8-9H2,(H,17,19)(H,16,18,20). The topological polar surface area (TPSA) is 105 Å². The zero-order valence-corrected chi connectivity index (χ0v) is 14.9. The van der Waals surface area contributed by atoms with Gasteiger partial charge in [-0.2, -0.15) is 0 Å². The first-order valence-corrected chi connectivity index (χ1v) is 10.9. The highest BCUT2D eigenvalue weighted by Gasteiger charge is 2.38. The maximum atomic E-state index is 12.6. The smallest absolute Gasteiger partial charge is 0.230 e. The van der Waals surface area contributed by atoms with E-state index in [2.05, 4.69) is 15.6 Å². The third-order valence-corrected chi connectivity index (χ3v) is 7.14. The number of amides is 2. The third kappa shape index (κ3) is 4.13. The Labute approximate surface area is 145 Å². The molecule has 2 heterocycles. The number of rotatable bonds is 4. The van der Waals surface area contributed by atoms with Gasteiger partial charge in [-0.25, -0.2) is 13.4 Å². The molecule has 1 saturated carbocycles. The second-order valence-corrected chi connectivity index (χ2v) is 9.56. The molecule has 7 nitrogen and oxygen atoms in total. The largest absolute Gasteiger partial charge is 0.352 e. The van der Waals surface area contributed by atoms with Crippen molar-refractivity contribution in [2.24, 2.45) is 11.8 Å². The fraction of sp³-hybridized carbons (Fsp3) is 0.667. The minimum Gasteiger partial charge on any atom is -0.352 e. The highest BCUT2D eigenvalue weighted by molar-refractivity contribution is 7.91. The van der Waals surface area contributed by atoms with Gasteiger partial charge in [-0.1, -0.05) is 12.8 Å². The van der Waals surface area contributed by atoms with Gasteiger partial charge in [-0.05, 0) is 19.3 Å². The monoisotopic (exact) mass is 371 g/mol. The van der Waals surface area contributed by atoms with Crippen molar-refractivity contribution in [1.82, 2.24) is 10.3 Å². The zero-order chi connectivity index (χ0) is 17.2. The highest BCUT2D eigenvalue weighted by atomic mass is 32.2. The lowest BCUT2D eigenvalue weighted by Gasteiger charge is -2.30. The number of thiazole rings is 1. The molecule has 2 aliphatic rings. The number of nitrogens with one attached hydrogen (secondary N) is 2. The summed E-state index contributed by atoms with van der Waals surface area (Å²) in [4.78, 5) is 29.1. The van der Waals surface area contributed by atoms with E-state index < -0.39 is 15.8 Å². The van der Waals surface area contributed by atoms with Crippen LogP contribution in [0, 0.1) is 11.8 Å². The normalized spacial score (nSPS) is 29.1. The van der Waals surface area contributed by atoms with Crippen LogP contribution in [0.2, 0.25) is 0 Å². The lowest BCUT2D eigenvalue weighted by Crippen LogP contribution is -2.45. The van der Waals surface area contributed by atoms with Crippen LogP contribution in [0.5, 0.6) is 0 Å². The van der Waals surface area contributed by atoms with Gasteiger partial charge in [0.1, 0.15) is 0 Å². The molecular formula is C15H21N3O4S2. The molecule has 0 spiro atoms. The molecule has 2 N–H and O–H groups in total. The van der Waals surface area contributed by atoms with Gasteiger partial charge in [0.2, 0.25) is 11.8 Å². The molecule has 0 radical (unpaired) electrons. The summed E-state index contributed by atoms with van der Waals surface area (Å²) in [6.07, 6.45) is 5.21. The van der Waals surface area contributed by atoms with E-state index in [1.54, 1.807) is 11.6 Å². The van der Waals surface area contributed by atoms with Crippen LogP contribution in [0.15, 0.2) is 11.6 Å². The molecule has 1 aromatic rings. The minimum atomic E-state index is -3.04. The van der Waals surface area contributed by atoms with E-state index >= 15 is 0 Å². The number of carbonyl (C=O) groups is 2. The molecule has 3 atom stereocenters. The van der Waals surface area contributed by atoms with E-state index in [1.165, 1.54) is 11.3 Å². The summed E-state index contributed by atoms with van der Waals surface area (Å²) in [6, 6.07) is -0.327. The first-order chi connectivity index (χ1) is 11.4. The van der Waals surface area contributed by atoms with Crippen LogP contribution in [0.4, 0.5) is 5.13 Å². The summed E-state index contributed by atoms with van der Waals surface area (Å²) in [5.74, 6) is -1.04. The van der Waals surface area contributed by atoms with E-state index in [9.17, 15) is 18.0 Å². The first kappa shape index (κ1) is 17.3. The maximum Gasteiger partial charge on any atom is 0.230 e. The fourth-order valence-corrected chi connectivity index (χ4v) is 5.66. The molecule has 1 aliphatic carbocycles. The van der Waals surface area contributed by atoms with Crippen molar-refractivity contribution in [3.63, 3.8) is 0 Å². The molecule has 0 aromatic carbocycles. The Hall–Kier alpha value is -1.48. The van der Waals surface area contributed by atoms with Crippen molar-refractivity contribution < 1.29 is 18.0 Å². The van der Waals surface area contributed by atoms with Crippen LogP contribution >= 0.6 is 11.3 Å². The highest BCUT2D eigenvalue weighted by Crippen LogP contribution is 2.32. The number of hydrogen-bond donors (Lipinski definition) is 2. The molecule has 2 fully saturated rings. The van der Waals surface area contributed by atoms with Crippen molar-refractivity contribution in [3.8, 4) is 0 Å². The van der Waals surface area contributed by atoms with Crippen molar-refractivity contribution in [3.05, 3.63) is 11.6 Å². The zero-order valence-electron chi connectivity index (χ0n) is 13.2. The molecule has 24 heavy (non-hydrogen) atoms. The molecule has 3 unspecified atom stereocenters. The lowest BCUT2D eigenvalue weighted by molar-refractivity contribution is -0.134. The van der Waals surface area contributed by atoms with E-state index in [1.807, 2.05) is 0 Å². The molecule has 132 valence electrons. The summed E-state index contributed by atoms with van der Waals surface area (Å²) in [7, 11) is -3.04. The summed E-state index contributed by atoms with van der Waals surface area (Å²) in [5, 5.41) is 7.93. The fourth-order valence-electron chi connectivity index (χ4n) is 3.46. The summed E-state index contributed by atoms with van der Waals surface area (Å²) >= 11 is 1.34. The van der Waals surface area contributed by atoms with Gasteiger partial charge in [0, 0.05) is 29.5 Å². The summed E-state index contributed by atoms with van der Waals surface area (Å²) in [5.41, 5.74) is 0. The van der Waals surface area contributed by atoms with E-state index in [4.69, 9.17) is 0 Å². The van der Waals surface area contributed by atoms with Gasteiger partial charge in [0.05, 0.1) is 11.5 Å². The summed E-state index contributed by atoms with van der Waals surface area (Å²) in [6.45, 7) is 0. The second-order valence-electron chi connectivity index (χ2n) is 6.43. The van der Waals surface area contributed by atoms with Gasteiger partial charge in [-0.15, -0.1) is 11.3 Å².